The molecule has 0 N–H and O–H groups in total. The Morgan fingerprint density at radius 1 is 1.45 bits per heavy atom. The molecule has 0 fully saturated rings. The van der Waals surface area contributed by atoms with Crippen LogP contribution in [0.4, 0.5) is 0 Å². The Kier molecular flexibility index (Phi) is 4.39. The van der Waals surface area contributed by atoms with Gasteiger partial charge in [0.25, 0.3) is 0 Å². The van der Waals surface area contributed by atoms with Crippen molar-refractivity contribution in [3.05, 3.63) is 28.8 Å². The normalized spacial score (nSPS) is 11.7. The molecule has 20 heavy (non-hydrogen) atoms. The van der Waals surface area contributed by atoms with Crippen LogP contribution in [0.5, 0.6) is 0 Å². The Morgan fingerprint density at radius 2 is 2.20 bits per heavy atom. The minimum atomic E-state index is -3.04. The van der Waals surface area contributed by atoms with Crippen LogP contribution in [0.25, 0.3) is 10.6 Å². The molecule has 0 unspecified atom stereocenters. The lowest BCUT2D eigenvalue weighted by molar-refractivity contribution is 0.112. The van der Waals surface area contributed by atoms with Crippen LogP contribution in [-0.2, 0) is 16.4 Å². The number of carbonyl (C=O) groups excluding carboxylic acids is 1. The smallest absolute Gasteiger partial charge is 0.153 e. The monoisotopic (exact) mass is 312 g/mol. The van der Waals surface area contributed by atoms with Crippen LogP contribution in [0.1, 0.15) is 22.8 Å². The van der Waals surface area contributed by atoms with Crippen molar-refractivity contribution in [1.29, 1.82) is 0 Å². The molecule has 7 heteroatoms. The van der Waals surface area contributed by atoms with Gasteiger partial charge in [0.15, 0.2) is 16.1 Å². The largest absolute Gasteiger partial charge is 0.298 e. The summed E-state index contributed by atoms with van der Waals surface area (Å²) >= 11 is 1.52. The molecule has 0 aliphatic heterocycles. The molecule has 0 saturated carbocycles. The van der Waals surface area contributed by atoms with Gasteiger partial charge in [-0.15, -0.1) is 11.3 Å². The third-order valence-corrected chi connectivity index (χ3v) is 5.77. The summed E-state index contributed by atoms with van der Waals surface area (Å²) in [6.45, 7) is 3.85. The first-order chi connectivity index (χ1) is 9.46. The molecule has 0 aromatic carbocycles. The van der Waals surface area contributed by atoms with Crippen LogP contribution < -0.4 is 0 Å². The molecule has 0 spiro atoms. The van der Waals surface area contributed by atoms with Gasteiger partial charge >= 0.3 is 0 Å². The zero-order valence-corrected chi connectivity index (χ0v) is 13.0. The Balaban J connectivity index is 2.28. The van der Waals surface area contributed by atoms with Crippen LogP contribution in [0.3, 0.4) is 0 Å². The van der Waals surface area contributed by atoms with Crippen molar-refractivity contribution >= 4 is 27.5 Å². The summed E-state index contributed by atoms with van der Waals surface area (Å²) < 4.78 is 24.5. The van der Waals surface area contributed by atoms with E-state index in [1.807, 2.05) is 18.4 Å². The molecule has 0 atom stereocenters. The number of nitrogens with zero attached hydrogens (tertiary/aromatic N) is 2. The summed E-state index contributed by atoms with van der Waals surface area (Å²) in [7, 11) is -3.04. The molecule has 108 valence electrons. The zero-order chi connectivity index (χ0) is 14.8. The van der Waals surface area contributed by atoms with Gasteiger partial charge in [-0.3, -0.25) is 9.48 Å². The maximum atomic E-state index is 11.5. The van der Waals surface area contributed by atoms with Gasteiger partial charge in [-0.05, 0) is 23.9 Å². The summed E-state index contributed by atoms with van der Waals surface area (Å²) in [5.74, 6) is 0.151. The van der Waals surface area contributed by atoms with Gasteiger partial charge in [0.05, 0.1) is 22.7 Å². The van der Waals surface area contributed by atoms with Gasteiger partial charge in [-0.25, -0.2) is 8.42 Å². The lowest BCUT2D eigenvalue weighted by Gasteiger charge is -2.01. The van der Waals surface area contributed by atoms with E-state index in [0.717, 1.165) is 16.7 Å². The predicted octanol–water partition coefficient (Wildman–Crippen LogP) is 2.17. The summed E-state index contributed by atoms with van der Waals surface area (Å²) in [5, 5.41) is 6.30. The van der Waals surface area contributed by atoms with E-state index < -0.39 is 9.84 Å². The van der Waals surface area contributed by atoms with Crippen LogP contribution in [0, 0.1) is 6.92 Å². The first-order valence-electron chi connectivity index (χ1n) is 6.24. The first-order valence-corrected chi connectivity index (χ1v) is 8.94. The number of rotatable bonds is 6. The van der Waals surface area contributed by atoms with Gasteiger partial charge in [-0.2, -0.15) is 5.10 Å². The zero-order valence-electron chi connectivity index (χ0n) is 11.4. The topological polar surface area (TPSA) is 69.0 Å². The minimum Gasteiger partial charge on any atom is -0.298 e. The third kappa shape index (κ3) is 3.16. The van der Waals surface area contributed by atoms with Crippen molar-refractivity contribution in [3.63, 3.8) is 0 Å². The van der Waals surface area contributed by atoms with Crippen molar-refractivity contribution in [2.45, 2.75) is 20.4 Å². The van der Waals surface area contributed by atoms with Gasteiger partial charge in [0, 0.05) is 11.9 Å². The number of aromatic nitrogens is 2. The van der Waals surface area contributed by atoms with Crippen molar-refractivity contribution < 1.29 is 13.2 Å². The number of thiophene rings is 1. The molecule has 2 rings (SSSR count). The fourth-order valence-corrected chi connectivity index (χ4v) is 3.49. The SMILES string of the molecule is CCS(=O)(=O)CCn1cc(C=O)c(-c2sccc2C)n1. The van der Waals surface area contributed by atoms with E-state index in [1.54, 1.807) is 13.1 Å². The highest BCUT2D eigenvalue weighted by atomic mass is 32.2. The molecule has 0 amide bonds. The van der Waals surface area contributed by atoms with Crippen LogP contribution in [0.2, 0.25) is 0 Å². The maximum absolute atomic E-state index is 11.5. The molecule has 2 aromatic rings. The Labute approximate surface area is 122 Å². The van der Waals surface area contributed by atoms with Gasteiger partial charge in [0.2, 0.25) is 0 Å². The number of aryl methyl sites for hydroxylation is 2. The number of hydrogen-bond acceptors (Lipinski definition) is 5. The van der Waals surface area contributed by atoms with E-state index >= 15 is 0 Å². The molecule has 0 aliphatic rings. The highest BCUT2D eigenvalue weighted by molar-refractivity contribution is 7.91. The van der Waals surface area contributed by atoms with E-state index in [1.165, 1.54) is 16.0 Å². The van der Waals surface area contributed by atoms with Crippen LogP contribution >= 0.6 is 11.3 Å². The van der Waals surface area contributed by atoms with Crippen molar-refractivity contribution in [2.24, 2.45) is 0 Å². The Hall–Kier alpha value is -1.47. The summed E-state index contributed by atoms with van der Waals surface area (Å²) in [4.78, 5) is 12.1. The molecule has 2 aromatic heterocycles. The number of carbonyl (C=O) groups is 1. The Morgan fingerprint density at radius 3 is 2.75 bits per heavy atom. The van der Waals surface area contributed by atoms with E-state index in [2.05, 4.69) is 5.10 Å². The van der Waals surface area contributed by atoms with E-state index in [0.29, 0.717) is 11.3 Å². The van der Waals surface area contributed by atoms with Gasteiger partial charge in [-0.1, -0.05) is 6.92 Å². The number of aldehydes is 1. The average molecular weight is 312 g/mol. The standard InChI is InChI=1S/C13H16N2O3S2/c1-3-20(17,18)7-5-15-8-11(9-16)12(14-15)13-10(2)4-6-19-13/h4,6,8-9H,3,5,7H2,1-2H3. The second-order valence-corrected chi connectivity index (χ2v) is 7.87. The second-order valence-electron chi connectivity index (χ2n) is 4.48. The average Bonchev–Trinajstić information content (AvgIpc) is 3.02. The number of hydrogen-bond donors (Lipinski definition) is 0. The quantitative estimate of drug-likeness (QED) is 0.767. The first kappa shape index (κ1) is 14.9. The lowest BCUT2D eigenvalue weighted by Crippen LogP contribution is -2.14. The summed E-state index contributed by atoms with van der Waals surface area (Å²) in [6.07, 6.45) is 2.36. The molecular weight excluding hydrogens is 296 g/mol. The highest BCUT2D eigenvalue weighted by Crippen LogP contribution is 2.29. The maximum Gasteiger partial charge on any atom is 0.153 e. The highest BCUT2D eigenvalue weighted by Gasteiger charge is 2.15. The lowest BCUT2D eigenvalue weighted by atomic mass is 10.2. The van der Waals surface area contributed by atoms with Crippen molar-refractivity contribution in [3.8, 4) is 10.6 Å². The molecule has 0 bridgehead atoms. The molecule has 0 radical (unpaired) electrons. The van der Waals surface area contributed by atoms with Crippen molar-refractivity contribution in [2.75, 3.05) is 11.5 Å². The predicted molar refractivity (Wildman–Crippen MR) is 80.0 cm³/mol. The van der Waals surface area contributed by atoms with E-state index in [-0.39, 0.29) is 18.1 Å². The van der Waals surface area contributed by atoms with Gasteiger partial charge < -0.3 is 0 Å². The molecular formula is C13H16N2O3S2. The third-order valence-electron chi connectivity index (χ3n) is 3.07. The fraction of sp³-hybridized carbons (Fsp3) is 0.385. The van der Waals surface area contributed by atoms with Gasteiger partial charge in [0.1, 0.15) is 5.69 Å². The van der Waals surface area contributed by atoms with E-state index in [9.17, 15) is 13.2 Å². The summed E-state index contributed by atoms with van der Waals surface area (Å²) in [6, 6.07) is 1.97. The van der Waals surface area contributed by atoms with Crippen molar-refractivity contribution in [1.82, 2.24) is 9.78 Å². The molecule has 2 heterocycles. The summed E-state index contributed by atoms with van der Waals surface area (Å²) in [5.41, 5.74) is 2.18. The second kappa shape index (κ2) is 5.88. The molecule has 0 saturated heterocycles. The Bertz CT molecular complexity index is 714. The minimum absolute atomic E-state index is 0.0341. The fourth-order valence-electron chi connectivity index (χ4n) is 1.81. The molecule has 0 aliphatic carbocycles. The van der Waals surface area contributed by atoms with E-state index in [4.69, 9.17) is 0 Å². The number of sulfone groups is 1. The molecule has 5 nitrogen and oxygen atoms in total. The van der Waals surface area contributed by atoms with Crippen LogP contribution in [-0.4, -0.2) is 36.0 Å². The van der Waals surface area contributed by atoms with Crippen LogP contribution in [0.15, 0.2) is 17.6 Å².